The Kier molecular flexibility index (Phi) is 3.31. The van der Waals surface area contributed by atoms with Crippen molar-refractivity contribution in [2.24, 2.45) is 9.98 Å². The summed E-state index contributed by atoms with van der Waals surface area (Å²) in [4.78, 5) is 41.4. The summed E-state index contributed by atoms with van der Waals surface area (Å²) < 4.78 is 1.33. The first-order valence-corrected chi connectivity index (χ1v) is 8.20. The van der Waals surface area contributed by atoms with Crippen molar-refractivity contribution in [3.05, 3.63) is 30.1 Å². The van der Waals surface area contributed by atoms with Crippen molar-refractivity contribution < 1.29 is 14.2 Å². The van der Waals surface area contributed by atoms with E-state index in [-0.39, 0.29) is 5.71 Å². The molecule has 8 nitrogen and oxygen atoms in total. The third-order valence-corrected chi connectivity index (χ3v) is 4.65. The smallest absolute Gasteiger partial charge is 0.341 e. The Labute approximate surface area is 141 Å². The van der Waals surface area contributed by atoms with Gasteiger partial charge in [0.15, 0.2) is 0 Å². The Bertz CT molecular complexity index is 954. The number of imide groups is 1. The van der Waals surface area contributed by atoms with Gasteiger partial charge in [0.1, 0.15) is 5.82 Å². The summed E-state index contributed by atoms with van der Waals surface area (Å²) in [6, 6.07) is 7.36. The molecule has 3 heterocycles. The van der Waals surface area contributed by atoms with Crippen molar-refractivity contribution in [1.29, 1.82) is 0 Å². The van der Waals surface area contributed by atoms with Gasteiger partial charge in [0.25, 0.3) is 5.17 Å². The third kappa shape index (κ3) is 2.24. The molecule has 9 heteroatoms. The first-order chi connectivity index (χ1) is 11.5. The highest BCUT2D eigenvalue weighted by atomic mass is 32.2. The molecular weight excluding hydrogens is 328 g/mol. The molecule has 0 saturated carbocycles. The van der Waals surface area contributed by atoms with Crippen molar-refractivity contribution in [3.8, 4) is 0 Å². The van der Waals surface area contributed by atoms with Crippen LogP contribution in [0.1, 0.15) is 5.82 Å². The van der Waals surface area contributed by atoms with E-state index in [4.69, 9.17) is 0 Å². The number of hydrogen-bond acceptors (Lipinski definition) is 6. The molecule has 3 amide bonds. The van der Waals surface area contributed by atoms with Crippen LogP contribution in [0.4, 0.5) is 4.79 Å². The van der Waals surface area contributed by atoms with Crippen molar-refractivity contribution in [3.63, 3.8) is 0 Å². The van der Waals surface area contributed by atoms with Gasteiger partial charge in [0.05, 0.1) is 30.9 Å². The number of aromatic amines is 1. The number of carbonyl (C=O) groups excluding carboxylic acids is 2. The van der Waals surface area contributed by atoms with E-state index in [1.54, 1.807) is 7.05 Å². The van der Waals surface area contributed by atoms with Gasteiger partial charge in [-0.2, -0.15) is 14.5 Å². The highest BCUT2D eigenvalue weighted by Crippen LogP contribution is 2.20. The van der Waals surface area contributed by atoms with Crippen LogP contribution < -0.4 is 0 Å². The molecule has 0 unspecified atom stereocenters. The van der Waals surface area contributed by atoms with Crippen LogP contribution in [-0.2, 0) is 10.5 Å². The Morgan fingerprint density at radius 2 is 2.04 bits per heavy atom. The lowest BCUT2D eigenvalue weighted by molar-refractivity contribution is -0.401. The fraction of sp³-hybridized carbons (Fsp3) is 0.200. The number of amidine groups is 2. The van der Waals surface area contributed by atoms with E-state index in [0.29, 0.717) is 16.8 Å². The van der Waals surface area contributed by atoms with Crippen molar-refractivity contribution in [2.75, 3.05) is 14.1 Å². The van der Waals surface area contributed by atoms with Gasteiger partial charge >= 0.3 is 17.8 Å². The standard InChI is InChI=1S/C15H12N6O2S/c1-20-12-11(13(22)21(2)15(20)23)18-14(19-12)24-7-10-16-8-5-3-4-6-9(8)17-10/h3-6H,7H2,1-2H3/p+1. The minimum absolute atomic E-state index is 0.201. The second kappa shape index (κ2) is 5.38. The summed E-state index contributed by atoms with van der Waals surface area (Å²) >= 11 is 1.36. The number of nitrogens with one attached hydrogen (secondary N) is 1. The van der Waals surface area contributed by atoms with Gasteiger partial charge in [-0.1, -0.05) is 28.9 Å². The molecule has 0 bridgehead atoms. The maximum atomic E-state index is 12.1. The van der Waals surface area contributed by atoms with Crippen LogP contribution in [-0.4, -0.2) is 62.2 Å². The minimum atomic E-state index is -0.434. The number of H-pyrrole nitrogens is 1. The van der Waals surface area contributed by atoms with Gasteiger partial charge in [0, 0.05) is 0 Å². The molecule has 2 aliphatic heterocycles. The lowest BCUT2D eigenvalue weighted by Gasteiger charge is -2.15. The number of rotatable bonds is 2. The Morgan fingerprint density at radius 3 is 2.83 bits per heavy atom. The second-order valence-electron chi connectivity index (χ2n) is 5.37. The molecule has 0 spiro atoms. The number of urea groups is 1. The topological polar surface area (TPSA) is 93.8 Å². The lowest BCUT2D eigenvalue weighted by Crippen LogP contribution is -2.51. The van der Waals surface area contributed by atoms with Crippen LogP contribution in [0, 0.1) is 0 Å². The van der Waals surface area contributed by atoms with E-state index < -0.39 is 11.9 Å². The average Bonchev–Trinajstić information content (AvgIpc) is 3.20. The number of fused-ring (bicyclic) bond motifs is 2. The van der Waals surface area contributed by atoms with Crippen molar-refractivity contribution >= 4 is 51.4 Å². The molecule has 24 heavy (non-hydrogen) atoms. The summed E-state index contributed by atoms with van der Waals surface area (Å²) in [6.45, 7) is 0. The number of para-hydroxylation sites is 2. The zero-order chi connectivity index (χ0) is 16.8. The van der Waals surface area contributed by atoms with E-state index in [9.17, 15) is 9.59 Å². The van der Waals surface area contributed by atoms with Gasteiger partial charge in [-0.25, -0.2) is 14.6 Å². The average molecular weight is 341 g/mol. The Morgan fingerprint density at radius 1 is 1.25 bits per heavy atom. The van der Waals surface area contributed by atoms with Gasteiger partial charge < -0.3 is 4.98 Å². The summed E-state index contributed by atoms with van der Waals surface area (Å²) in [5, 5.41) is 0.448. The van der Waals surface area contributed by atoms with Gasteiger partial charge in [-0.15, -0.1) is 0 Å². The maximum Gasteiger partial charge on any atom is 0.446 e. The van der Waals surface area contributed by atoms with Crippen LogP contribution in [0.2, 0.25) is 0 Å². The number of thioether (sulfide) groups is 1. The number of nitrogens with zero attached hydrogens (tertiary/aromatic N) is 5. The molecule has 120 valence electrons. The molecule has 4 rings (SSSR count). The number of imidazole rings is 1. The van der Waals surface area contributed by atoms with E-state index >= 15 is 0 Å². The number of aromatic nitrogens is 2. The van der Waals surface area contributed by atoms with Crippen LogP contribution in [0.5, 0.6) is 0 Å². The largest absolute Gasteiger partial charge is 0.446 e. The SMILES string of the molecule is CN1C(=O)C2=NC(SCc3nc4ccccc4[nH]3)=NC2=[N+](C)C1=O. The lowest BCUT2D eigenvalue weighted by atomic mass is 10.2. The van der Waals surface area contributed by atoms with Gasteiger partial charge in [-0.3, -0.25) is 0 Å². The van der Waals surface area contributed by atoms with Gasteiger partial charge in [-0.05, 0) is 12.1 Å². The molecule has 0 radical (unpaired) electrons. The zero-order valence-corrected chi connectivity index (χ0v) is 13.8. The van der Waals surface area contributed by atoms with Crippen LogP contribution in [0.25, 0.3) is 11.0 Å². The molecule has 0 atom stereocenters. The highest BCUT2D eigenvalue weighted by molar-refractivity contribution is 8.13. The van der Waals surface area contributed by atoms with E-state index in [1.165, 1.54) is 23.4 Å². The first-order valence-electron chi connectivity index (χ1n) is 7.21. The second-order valence-corrected chi connectivity index (χ2v) is 6.32. The molecule has 1 aromatic heterocycles. The fourth-order valence-electron chi connectivity index (χ4n) is 2.52. The monoisotopic (exact) mass is 341 g/mol. The van der Waals surface area contributed by atoms with Crippen LogP contribution in [0.15, 0.2) is 34.3 Å². The van der Waals surface area contributed by atoms with Crippen LogP contribution in [0.3, 0.4) is 0 Å². The molecule has 2 aromatic rings. The quantitative estimate of drug-likeness (QED) is 0.832. The summed E-state index contributed by atoms with van der Waals surface area (Å²) in [6.07, 6.45) is 0. The number of hydrogen-bond donors (Lipinski definition) is 1. The predicted octanol–water partition coefficient (Wildman–Crippen LogP) is 1.24. The summed E-state index contributed by atoms with van der Waals surface area (Å²) in [7, 11) is 3.01. The van der Waals surface area contributed by atoms with Crippen molar-refractivity contribution in [2.45, 2.75) is 5.75 Å². The third-order valence-electron chi connectivity index (χ3n) is 3.80. The molecule has 2 aliphatic rings. The summed E-state index contributed by atoms with van der Waals surface area (Å²) in [5.74, 6) is 1.21. The van der Waals surface area contributed by atoms with E-state index in [1.807, 2.05) is 24.3 Å². The zero-order valence-electron chi connectivity index (χ0n) is 13.0. The minimum Gasteiger partial charge on any atom is -0.341 e. The number of benzene rings is 1. The number of aliphatic imine (C=N–C) groups is 2. The molecular formula is C15H13N6O2S+. The highest BCUT2D eigenvalue weighted by Gasteiger charge is 2.44. The molecule has 0 aliphatic carbocycles. The van der Waals surface area contributed by atoms with Crippen LogP contribution >= 0.6 is 11.8 Å². The number of amides is 3. The molecule has 1 aromatic carbocycles. The van der Waals surface area contributed by atoms with Crippen molar-refractivity contribution in [1.82, 2.24) is 14.9 Å². The molecule has 0 fully saturated rings. The summed E-state index contributed by atoms with van der Waals surface area (Å²) in [5.41, 5.74) is 2.07. The molecule has 0 saturated heterocycles. The van der Waals surface area contributed by atoms with E-state index in [2.05, 4.69) is 20.0 Å². The Hall–Kier alpha value is -2.81. The van der Waals surface area contributed by atoms with Gasteiger partial charge in [0.2, 0.25) is 5.71 Å². The first kappa shape index (κ1) is 14.8. The predicted molar refractivity (Wildman–Crippen MR) is 91.6 cm³/mol. The maximum absolute atomic E-state index is 12.1. The normalized spacial score (nSPS) is 17.5. The number of carbonyl (C=O) groups is 2. The molecule has 1 N–H and O–H groups in total. The van der Waals surface area contributed by atoms with E-state index in [0.717, 1.165) is 21.8 Å². The fourth-order valence-corrected chi connectivity index (χ4v) is 3.23. The Balaban J connectivity index is 1.57.